The van der Waals surface area contributed by atoms with Crippen LogP contribution in [0.5, 0.6) is 0 Å². The van der Waals surface area contributed by atoms with Gasteiger partial charge in [0.25, 0.3) is 0 Å². The molecule has 94 valence electrons. The molecule has 2 saturated carbocycles. The van der Waals surface area contributed by atoms with Crippen LogP contribution in [0.1, 0.15) is 39.0 Å². The molecule has 2 amide bonds. The maximum absolute atomic E-state index is 12.1. The van der Waals surface area contributed by atoms with Gasteiger partial charge < -0.3 is 10.2 Å². The summed E-state index contributed by atoms with van der Waals surface area (Å²) in [5, 5.41) is 2.75. The molecule has 0 aromatic rings. The van der Waals surface area contributed by atoms with E-state index in [0.717, 1.165) is 19.4 Å². The van der Waals surface area contributed by atoms with Crippen molar-refractivity contribution in [1.29, 1.82) is 0 Å². The predicted octanol–water partition coefficient (Wildman–Crippen LogP) is 0.914. The molecule has 1 atom stereocenters. The summed E-state index contributed by atoms with van der Waals surface area (Å²) in [6.07, 6.45) is 5.87. The number of rotatable bonds is 3. The lowest BCUT2D eigenvalue weighted by atomic mass is 9.82. The molecule has 0 aromatic carbocycles. The molecule has 1 saturated heterocycles. The first kappa shape index (κ1) is 11.1. The van der Waals surface area contributed by atoms with Crippen LogP contribution in [-0.4, -0.2) is 35.3 Å². The number of carbonyl (C=O) groups excluding carboxylic acids is 2. The van der Waals surface area contributed by atoms with Crippen LogP contribution in [0.3, 0.4) is 0 Å². The number of nitrogens with one attached hydrogen (secondary N) is 1. The van der Waals surface area contributed by atoms with Gasteiger partial charge in [-0.1, -0.05) is 6.42 Å². The van der Waals surface area contributed by atoms with Gasteiger partial charge in [-0.3, -0.25) is 9.59 Å². The molecule has 0 spiro atoms. The molecule has 3 fully saturated rings. The Morgan fingerprint density at radius 3 is 2.53 bits per heavy atom. The normalized spacial score (nSPS) is 34.5. The van der Waals surface area contributed by atoms with Crippen LogP contribution in [0.25, 0.3) is 0 Å². The van der Waals surface area contributed by atoms with Gasteiger partial charge in [0.05, 0.1) is 6.54 Å². The highest BCUT2D eigenvalue weighted by atomic mass is 16.2. The van der Waals surface area contributed by atoms with E-state index in [0.29, 0.717) is 11.8 Å². The third kappa shape index (κ3) is 1.65. The van der Waals surface area contributed by atoms with Crippen LogP contribution in [0.4, 0.5) is 0 Å². The Morgan fingerprint density at radius 1 is 1.29 bits per heavy atom. The summed E-state index contributed by atoms with van der Waals surface area (Å²) in [5.41, 5.74) is -0.565. The second-order valence-corrected chi connectivity index (χ2v) is 5.91. The zero-order chi connectivity index (χ0) is 12.0. The Balaban J connectivity index is 1.82. The highest BCUT2D eigenvalue weighted by Gasteiger charge is 2.55. The Morgan fingerprint density at radius 2 is 2.00 bits per heavy atom. The number of carbonyl (C=O) groups is 2. The van der Waals surface area contributed by atoms with E-state index in [-0.39, 0.29) is 18.4 Å². The molecule has 1 aliphatic heterocycles. The zero-order valence-electron chi connectivity index (χ0n) is 10.4. The first-order valence-corrected chi connectivity index (χ1v) is 6.71. The molecule has 1 N–H and O–H groups in total. The largest absolute Gasteiger partial charge is 0.345 e. The van der Waals surface area contributed by atoms with Crippen molar-refractivity contribution in [2.75, 3.05) is 13.1 Å². The molecule has 3 rings (SSSR count). The second-order valence-electron chi connectivity index (χ2n) is 5.91. The highest BCUT2D eigenvalue weighted by molar-refractivity contribution is 5.98. The number of piperazine rings is 1. The van der Waals surface area contributed by atoms with E-state index < -0.39 is 5.54 Å². The lowest BCUT2D eigenvalue weighted by molar-refractivity contribution is -0.155. The van der Waals surface area contributed by atoms with Crippen molar-refractivity contribution in [3.8, 4) is 0 Å². The smallest absolute Gasteiger partial charge is 0.246 e. The van der Waals surface area contributed by atoms with Crippen molar-refractivity contribution in [3.05, 3.63) is 0 Å². The molecular formula is C13H20N2O2. The lowest BCUT2D eigenvalue weighted by Crippen LogP contribution is -2.67. The average Bonchev–Trinajstić information content (AvgIpc) is 3.05. The molecule has 4 nitrogen and oxygen atoms in total. The molecule has 0 radical (unpaired) electrons. The minimum Gasteiger partial charge on any atom is -0.345 e. The summed E-state index contributed by atoms with van der Waals surface area (Å²) >= 11 is 0. The fraction of sp³-hybridized carbons (Fsp3) is 0.846. The highest BCUT2D eigenvalue weighted by Crippen LogP contribution is 2.45. The van der Waals surface area contributed by atoms with Gasteiger partial charge in [0.15, 0.2) is 0 Å². The summed E-state index contributed by atoms with van der Waals surface area (Å²) in [6, 6.07) is 0. The molecule has 1 heterocycles. The first-order chi connectivity index (χ1) is 8.12. The monoisotopic (exact) mass is 236 g/mol. The Labute approximate surface area is 102 Å². The fourth-order valence-corrected chi connectivity index (χ4v) is 3.09. The van der Waals surface area contributed by atoms with E-state index >= 15 is 0 Å². The van der Waals surface area contributed by atoms with Gasteiger partial charge in [0, 0.05) is 6.54 Å². The van der Waals surface area contributed by atoms with Crippen molar-refractivity contribution in [1.82, 2.24) is 10.2 Å². The Kier molecular flexibility index (Phi) is 2.42. The summed E-state index contributed by atoms with van der Waals surface area (Å²) in [6.45, 7) is 2.93. The Bertz CT molecular complexity index is 360. The maximum atomic E-state index is 12.1. The summed E-state index contributed by atoms with van der Waals surface area (Å²) in [5.74, 6) is 1.17. The second kappa shape index (κ2) is 3.72. The van der Waals surface area contributed by atoms with E-state index in [1.165, 1.54) is 19.3 Å². The third-order valence-electron chi connectivity index (χ3n) is 4.76. The summed E-state index contributed by atoms with van der Waals surface area (Å²) < 4.78 is 0. The van der Waals surface area contributed by atoms with E-state index in [9.17, 15) is 9.59 Å². The van der Waals surface area contributed by atoms with Crippen LogP contribution >= 0.6 is 0 Å². The first-order valence-electron chi connectivity index (χ1n) is 6.71. The SMILES string of the molecule is CC1(C2CC2)C(=O)NCC(=O)N1CC1CCC1. The van der Waals surface area contributed by atoms with E-state index in [2.05, 4.69) is 5.32 Å². The molecule has 0 aromatic heterocycles. The van der Waals surface area contributed by atoms with Crippen molar-refractivity contribution < 1.29 is 9.59 Å². The quantitative estimate of drug-likeness (QED) is 0.792. The molecule has 3 aliphatic rings. The molecule has 2 aliphatic carbocycles. The molecule has 0 bridgehead atoms. The van der Waals surface area contributed by atoms with Gasteiger partial charge in [-0.25, -0.2) is 0 Å². The van der Waals surface area contributed by atoms with Gasteiger partial charge in [-0.05, 0) is 44.4 Å². The van der Waals surface area contributed by atoms with Crippen LogP contribution in [0, 0.1) is 11.8 Å². The number of hydrogen-bond donors (Lipinski definition) is 1. The van der Waals surface area contributed by atoms with E-state index in [4.69, 9.17) is 0 Å². The number of hydrogen-bond acceptors (Lipinski definition) is 2. The minimum atomic E-state index is -0.565. The minimum absolute atomic E-state index is 0.0546. The van der Waals surface area contributed by atoms with Crippen LogP contribution in [-0.2, 0) is 9.59 Å². The van der Waals surface area contributed by atoms with E-state index in [1.54, 1.807) is 0 Å². The maximum Gasteiger partial charge on any atom is 0.246 e. The standard InChI is InChI=1S/C13H20N2O2/c1-13(10-5-6-10)12(17)14-7-11(16)15(13)8-9-3-2-4-9/h9-10H,2-8H2,1H3,(H,14,17). The van der Waals surface area contributed by atoms with Gasteiger partial charge in [0.2, 0.25) is 11.8 Å². The fourth-order valence-electron chi connectivity index (χ4n) is 3.09. The van der Waals surface area contributed by atoms with Gasteiger partial charge in [-0.2, -0.15) is 0 Å². The van der Waals surface area contributed by atoms with Crippen molar-refractivity contribution >= 4 is 11.8 Å². The average molecular weight is 236 g/mol. The summed E-state index contributed by atoms with van der Waals surface area (Å²) in [7, 11) is 0. The van der Waals surface area contributed by atoms with Gasteiger partial charge in [-0.15, -0.1) is 0 Å². The number of amides is 2. The topological polar surface area (TPSA) is 49.4 Å². The van der Waals surface area contributed by atoms with Crippen LogP contribution < -0.4 is 5.32 Å². The molecule has 1 unspecified atom stereocenters. The Hall–Kier alpha value is -1.06. The van der Waals surface area contributed by atoms with Crippen molar-refractivity contribution in [2.45, 2.75) is 44.6 Å². The summed E-state index contributed by atoms with van der Waals surface area (Å²) in [4.78, 5) is 26.1. The van der Waals surface area contributed by atoms with Gasteiger partial charge >= 0.3 is 0 Å². The molecule has 17 heavy (non-hydrogen) atoms. The van der Waals surface area contributed by atoms with E-state index in [1.807, 2.05) is 11.8 Å². The van der Waals surface area contributed by atoms with Crippen molar-refractivity contribution in [2.24, 2.45) is 11.8 Å². The molecule has 4 heteroatoms. The molecular weight excluding hydrogens is 216 g/mol. The van der Waals surface area contributed by atoms with Crippen LogP contribution in [0.2, 0.25) is 0 Å². The lowest BCUT2D eigenvalue weighted by Gasteiger charge is -2.46. The third-order valence-corrected chi connectivity index (χ3v) is 4.76. The number of nitrogens with zero attached hydrogens (tertiary/aromatic N) is 1. The zero-order valence-corrected chi connectivity index (χ0v) is 10.4. The van der Waals surface area contributed by atoms with Crippen molar-refractivity contribution in [3.63, 3.8) is 0 Å². The predicted molar refractivity (Wildman–Crippen MR) is 63.2 cm³/mol. The van der Waals surface area contributed by atoms with Crippen LogP contribution in [0.15, 0.2) is 0 Å². The van der Waals surface area contributed by atoms with Gasteiger partial charge in [0.1, 0.15) is 5.54 Å².